The summed E-state index contributed by atoms with van der Waals surface area (Å²) in [4.78, 5) is 23.2. The van der Waals surface area contributed by atoms with Crippen LogP contribution in [0.4, 0.5) is 0 Å². The van der Waals surface area contributed by atoms with E-state index in [1.165, 1.54) is 70.6 Å². The summed E-state index contributed by atoms with van der Waals surface area (Å²) in [5, 5.41) is 19.2. The van der Waals surface area contributed by atoms with Gasteiger partial charge in [0, 0.05) is 0 Å². The molecular weight excluding hydrogens is 392 g/mol. The Labute approximate surface area is 191 Å². The average molecular weight is 443 g/mol. The minimum atomic E-state index is -0.947. The fraction of sp³-hybridized carbons (Fsp3) is 0.923. The number of hydrogen-bond acceptors (Lipinski definition) is 4. The molecule has 0 aromatic heterocycles. The van der Waals surface area contributed by atoms with Gasteiger partial charge >= 0.3 is 11.9 Å². The number of unbranched alkanes of at least 4 members (excludes halogenated alkanes) is 14. The minimum absolute atomic E-state index is 0.0380. The Bertz CT molecular complexity index is 424. The zero-order chi connectivity index (χ0) is 23.2. The van der Waals surface area contributed by atoms with Crippen LogP contribution in [0.25, 0.3) is 0 Å². The molecule has 0 rings (SSSR count). The first-order valence-electron chi connectivity index (χ1n) is 13.1. The Kier molecular flexibility index (Phi) is 21.3. The van der Waals surface area contributed by atoms with Crippen molar-refractivity contribution in [2.75, 3.05) is 0 Å². The summed E-state index contributed by atoms with van der Waals surface area (Å²) >= 11 is 0. The Morgan fingerprint density at radius 3 is 1.52 bits per heavy atom. The number of carbonyl (C=O) groups excluding carboxylic acids is 1. The molecule has 0 amide bonds. The first-order valence-corrected chi connectivity index (χ1v) is 13.1. The summed E-state index contributed by atoms with van der Waals surface area (Å²) in [6.45, 7) is 4.42. The van der Waals surface area contributed by atoms with E-state index in [2.05, 4.69) is 13.8 Å². The molecule has 0 aliphatic rings. The normalized spacial score (nSPS) is 13.1. The number of carbonyl (C=O) groups is 2. The molecule has 184 valence electrons. The second-order valence-corrected chi connectivity index (χ2v) is 9.09. The highest BCUT2D eigenvalue weighted by atomic mass is 16.5. The maximum atomic E-state index is 12.1. The number of rotatable bonds is 23. The molecule has 5 heteroatoms. The van der Waals surface area contributed by atoms with Crippen LogP contribution < -0.4 is 0 Å². The predicted octanol–water partition coefficient (Wildman–Crippen LogP) is 7.19. The average Bonchev–Trinajstić information content (AvgIpc) is 2.71. The van der Waals surface area contributed by atoms with Gasteiger partial charge < -0.3 is 14.9 Å². The molecule has 0 heterocycles. The Hall–Kier alpha value is -1.10. The summed E-state index contributed by atoms with van der Waals surface area (Å²) in [7, 11) is 0. The lowest BCUT2D eigenvalue weighted by Crippen LogP contribution is -2.24. The molecular formula is C26H50O5. The first-order chi connectivity index (χ1) is 15.0. The molecule has 0 bridgehead atoms. The van der Waals surface area contributed by atoms with Crippen LogP contribution in [-0.2, 0) is 14.3 Å². The summed E-state index contributed by atoms with van der Waals surface area (Å²) in [5.74, 6) is -1.42. The molecule has 0 aliphatic carbocycles. The van der Waals surface area contributed by atoms with Crippen LogP contribution in [0.1, 0.15) is 142 Å². The highest BCUT2D eigenvalue weighted by molar-refractivity contribution is 5.71. The van der Waals surface area contributed by atoms with Crippen molar-refractivity contribution in [3.63, 3.8) is 0 Å². The van der Waals surface area contributed by atoms with Gasteiger partial charge in [-0.15, -0.1) is 0 Å². The second kappa shape index (κ2) is 22.1. The third-order valence-electron chi connectivity index (χ3n) is 5.87. The number of carboxylic acid groups (broad SMARTS) is 1. The van der Waals surface area contributed by atoms with Gasteiger partial charge in [-0.2, -0.15) is 0 Å². The van der Waals surface area contributed by atoms with Crippen molar-refractivity contribution in [3.8, 4) is 0 Å². The van der Waals surface area contributed by atoms with Crippen molar-refractivity contribution in [2.24, 2.45) is 0 Å². The van der Waals surface area contributed by atoms with E-state index in [1.807, 2.05) is 0 Å². The number of aliphatic carboxylic acids is 1. The van der Waals surface area contributed by atoms with Crippen molar-refractivity contribution in [3.05, 3.63) is 0 Å². The number of carboxylic acids is 1. The van der Waals surface area contributed by atoms with Crippen LogP contribution in [-0.4, -0.2) is 34.4 Å². The van der Waals surface area contributed by atoms with E-state index in [1.54, 1.807) is 0 Å². The van der Waals surface area contributed by atoms with Crippen LogP contribution in [0.2, 0.25) is 0 Å². The van der Waals surface area contributed by atoms with Crippen LogP contribution >= 0.6 is 0 Å². The number of ether oxygens (including phenoxy) is 1. The zero-order valence-corrected chi connectivity index (χ0v) is 20.4. The number of hydrogen-bond donors (Lipinski definition) is 2. The van der Waals surface area contributed by atoms with E-state index in [0.29, 0.717) is 12.8 Å². The monoisotopic (exact) mass is 442 g/mol. The molecule has 0 spiro atoms. The minimum Gasteiger partial charge on any atom is -0.481 e. The van der Waals surface area contributed by atoms with E-state index in [-0.39, 0.29) is 12.8 Å². The van der Waals surface area contributed by atoms with Gasteiger partial charge in [0.15, 0.2) is 0 Å². The Balaban J connectivity index is 3.92. The molecule has 0 aromatic carbocycles. The number of aliphatic hydroxyl groups is 1. The van der Waals surface area contributed by atoms with Crippen molar-refractivity contribution >= 4 is 11.9 Å². The third kappa shape index (κ3) is 21.9. The van der Waals surface area contributed by atoms with Gasteiger partial charge in [-0.1, -0.05) is 110 Å². The lowest BCUT2D eigenvalue weighted by molar-refractivity contribution is -0.155. The summed E-state index contributed by atoms with van der Waals surface area (Å²) in [6, 6.07) is 0. The topological polar surface area (TPSA) is 83.8 Å². The lowest BCUT2D eigenvalue weighted by atomic mass is 10.0. The third-order valence-corrected chi connectivity index (χ3v) is 5.87. The van der Waals surface area contributed by atoms with Crippen LogP contribution in [0, 0.1) is 0 Å². The molecule has 0 saturated carbocycles. The summed E-state index contributed by atoms with van der Waals surface area (Å²) in [5.41, 5.74) is 0. The van der Waals surface area contributed by atoms with Gasteiger partial charge in [-0.3, -0.25) is 9.59 Å². The Morgan fingerprint density at radius 2 is 1.06 bits per heavy atom. The molecule has 2 unspecified atom stereocenters. The molecule has 0 saturated heterocycles. The standard InChI is InChI=1S/C26H50O5/c1-3-5-7-9-11-12-14-16-18-20-24(22-25(28)29)31-26(30)21-23(27)19-17-15-13-10-8-6-4-2/h23-24,27H,3-22H2,1-2H3,(H,28,29). The van der Waals surface area contributed by atoms with Crippen molar-refractivity contribution in [1.82, 2.24) is 0 Å². The molecule has 31 heavy (non-hydrogen) atoms. The molecule has 0 fully saturated rings. The van der Waals surface area contributed by atoms with Crippen molar-refractivity contribution in [2.45, 2.75) is 154 Å². The van der Waals surface area contributed by atoms with E-state index < -0.39 is 24.1 Å². The van der Waals surface area contributed by atoms with Crippen molar-refractivity contribution < 1.29 is 24.5 Å². The largest absolute Gasteiger partial charge is 0.481 e. The molecule has 2 N–H and O–H groups in total. The fourth-order valence-electron chi connectivity index (χ4n) is 3.95. The van der Waals surface area contributed by atoms with E-state index in [4.69, 9.17) is 9.84 Å². The fourth-order valence-corrected chi connectivity index (χ4v) is 3.95. The van der Waals surface area contributed by atoms with Gasteiger partial charge in [0.05, 0.1) is 18.9 Å². The number of esters is 1. The lowest BCUT2D eigenvalue weighted by Gasteiger charge is -2.17. The molecule has 0 aromatic rings. The number of aliphatic hydroxyl groups excluding tert-OH is 1. The van der Waals surface area contributed by atoms with Crippen molar-refractivity contribution in [1.29, 1.82) is 0 Å². The SMILES string of the molecule is CCCCCCCCCCCC(CC(=O)O)OC(=O)CC(O)CCCCCCCCC. The summed E-state index contributed by atoms with van der Waals surface area (Å²) < 4.78 is 5.40. The highest BCUT2D eigenvalue weighted by Crippen LogP contribution is 2.16. The van der Waals surface area contributed by atoms with Gasteiger partial charge in [-0.05, 0) is 19.3 Å². The molecule has 0 radical (unpaired) electrons. The summed E-state index contributed by atoms with van der Waals surface area (Å²) in [6.07, 6.45) is 18.7. The van der Waals surface area contributed by atoms with Gasteiger partial charge in [0.2, 0.25) is 0 Å². The van der Waals surface area contributed by atoms with Gasteiger partial charge in [-0.25, -0.2) is 0 Å². The van der Waals surface area contributed by atoms with Gasteiger partial charge in [0.25, 0.3) is 0 Å². The highest BCUT2D eigenvalue weighted by Gasteiger charge is 2.20. The van der Waals surface area contributed by atoms with E-state index in [9.17, 15) is 14.7 Å². The van der Waals surface area contributed by atoms with E-state index in [0.717, 1.165) is 32.1 Å². The van der Waals surface area contributed by atoms with Crippen LogP contribution in [0.5, 0.6) is 0 Å². The smallest absolute Gasteiger partial charge is 0.308 e. The van der Waals surface area contributed by atoms with Gasteiger partial charge in [0.1, 0.15) is 6.10 Å². The maximum absolute atomic E-state index is 12.1. The van der Waals surface area contributed by atoms with Crippen LogP contribution in [0.3, 0.4) is 0 Å². The zero-order valence-electron chi connectivity index (χ0n) is 20.4. The molecule has 5 nitrogen and oxygen atoms in total. The maximum Gasteiger partial charge on any atom is 0.308 e. The van der Waals surface area contributed by atoms with E-state index >= 15 is 0 Å². The second-order valence-electron chi connectivity index (χ2n) is 9.09. The quantitative estimate of drug-likeness (QED) is 0.129. The molecule has 2 atom stereocenters. The first kappa shape index (κ1) is 29.9. The van der Waals surface area contributed by atoms with Crippen LogP contribution in [0.15, 0.2) is 0 Å². The Morgan fingerprint density at radius 1 is 0.645 bits per heavy atom. The predicted molar refractivity (Wildman–Crippen MR) is 127 cm³/mol. The molecule has 0 aliphatic heterocycles.